The van der Waals surface area contributed by atoms with Crippen molar-refractivity contribution in [1.29, 1.82) is 0 Å². The smallest absolute Gasteiger partial charge is 0.205 e. The Hall–Kier alpha value is -2.98. The van der Waals surface area contributed by atoms with E-state index in [1.165, 1.54) is 11.3 Å². The van der Waals surface area contributed by atoms with Gasteiger partial charge in [-0.15, -0.1) is 11.3 Å². The van der Waals surface area contributed by atoms with Gasteiger partial charge in [0, 0.05) is 16.6 Å². The van der Waals surface area contributed by atoms with E-state index in [0.717, 1.165) is 32.6 Å². The molecule has 2 N–H and O–H groups in total. The van der Waals surface area contributed by atoms with E-state index < -0.39 is 0 Å². The summed E-state index contributed by atoms with van der Waals surface area (Å²) in [6.45, 7) is 3.95. The minimum Gasteiger partial charge on any atom is -0.397 e. The molecule has 2 aromatic carbocycles. The molecule has 0 spiro atoms. The number of ketones is 1. The molecule has 0 amide bonds. The van der Waals surface area contributed by atoms with E-state index in [1.807, 2.05) is 62.4 Å². The van der Waals surface area contributed by atoms with Crippen LogP contribution < -0.4 is 5.73 Å². The van der Waals surface area contributed by atoms with Crippen LogP contribution in [0.25, 0.3) is 21.3 Å². The lowest BCUT2D eigenvalue weighted by molar-refractivity contribution is 0.104. The fourth-order valence-electron chi connectivity index (χ4n) is 3.21. The summed E-state index contributed by atoms with van der Waals surface area (Å²) in [5, 5.41) is 0.893. The van der Waals surface area contributed by atoms with Crippen molar-refractivity contribution >= 4 is 33.0 Å². The van der Waals surface area contributed by atoms with Crippen molar-refractivity contribution in [3.63, 3.8) is 0 Å². The molecule has 0 saturated carbocycles. The zero-order valence-corrected chi connectivity index (χ0v) is 15.4. The number of carbonyl (C=O) groups excluding carboxylic acids is 1. The first-order valence-electron chi connectivity index (χ1n) is 8.41. The van der Waals surface area contributed by atoms with Crippen LogP contribution in [0.3, 0.4) is 0 Å². The summed E-state index contributed by atoms with van der Waals surface area (Å²) in [5.74, 6) is -0.0536. The number of nitrogens with two attached hydrogens (primary N) is 1. The molecular formula is C22H18N2OS. The summed E-state index contributed by atoms with van der Waals surface area (Å²) in [7, 11) is 0. The van der Waals surface area contributed by atoms with Crippen LogP contribution in [0.5, 0.6) is 0 Å². The first-order chi connectivity index (χ1) is 12.5. The van der Waals surface area contributed by atoms with E-state index in [4.69, 9.17) is 5.73 Å². The Labute approximate surface area is 156 Å². The molecule has 3 nitrogen and oxygen atoms in total. The molecular weight excluding hydrogens is 340 g/mol. The highest BCUT2D eigenvalue weighted by Gasteiger charge is 2.20. The second kappa shape index (κ2) is 6.39. The molecule has 0 saturated heterocycles. The Bertz CT molecular complexity index is 1110. The normalized spacial score (nSPS) is 11.0. The van der Waals surface area contributed by atoms with E-state index in [0.29, 0.717) is 16.1 Å². The number of anilines is 1. The van der Waals surface area contributed by atoms with E-state index in [2.05, 4.69) is 17.1 Å². The number of pyridine rings is 1. The zero-order valence-electron chi connectivity index (χ0n) is 14.6. The SMILES string of the molecule is Cc1cc(C)c2c(N)c(C(=O)c3ccc(-c4ccccc4)cc3)sc2n1. The molecule has 26 heavy (non-hydrogen) atoms. The molecule has 4 aromatic rings. The summed E-state index contributed by atoms with van der Waals surface area (Å²) in [5.41, 5.74) is 11.7. The number of benzene rings is 2. The maximum absolute atomic E-state index is 13.0. The molecule has 2 heterocycles. The predicted octanol–water partition coefficient (Wildman–Crippen LogP) is 5.39. The molecule has 4 rings (SSSR count). The molecule has 0 aliphatic carbocycles. The lowest BCUT2D eigenvalue weighted by Gasteiger charge is -2.04. The molecule has 0 aliphatic heterocycles. The summed E-state index contributed by atoms with van der Waals surface area (Å²) in [6.07, 6.45) is 0. The summed E-state index contributed by atoms with van der Waals surface area (Å²) >= 11 is 1.37. The number of nitrogen functional groups attached to an aromatic ring is 1. The first kappa shape index (κ1) is 16.5. The summed E-state index contributed by atoms with van der Waals surface area (Å²) in [6, 6.07) is 19.8. The maximum Gasteiger partial charge on any atom is 0.205 e. The molecule has 4 heteroatoms. The maximum atomic E-state index is 13.0. The minimum absolute atomic E-state index is 0.0536. The Morgan fingerprint density at radius 2 is 1.62 bits per heavy atom. The highest BCUT2D eigenvalue weighted by Crippen LogP contribution is 2.36. The number of thiophene rings is 1. The van der Waals surface area contributed by atoms with E-state index >= 15 is 0 Å². The van der Waals surface area contributed by atoms with Crippen molar-refractivity contribution in [2.24, 2.45) is 0 Å². The standard InChI is InChI=1S/C22H18N2OS/c1-13-12-14(2)24-22-18(13)19(23)21(26-22)20(25)17-10-8-16(9-11-17)15-6-4-3-5-7-15/h3-12H,23H2,1-2H3. The number of hydrogen-bond acceptors (Lipinski definition) is 4. The van der Waals surface area contributed by atoms with Crippen LogP contribution in [-0.2, 0) is 0 Å². The highest BCUT2D eigenvalue weighted by atomic mass is 32.1. The van der Waals surface area contributed by atoms with Gasteiger partial charge in [0.25, 0.3) is 0 Å². The van der Waals surface area contributed by atoms with Gasteiger partial charge in [0.05, 0.1) is 5.69 Å². The van der Waals surface area contributed by atoms with Crippen LogP contribution >= 0.6 is 11.3 Å². The Balaban J connectivity index is 1.73. The summed E-state index contributed by atoms with van der Waals surface area (Å²) in [4.78, 5) is 18.9. The number of fused-ring (bicyclic) bond motifs is 1. The van der Waals surface area contributed by atoms with Crippen molar-refractivity contribution < 1.29 is 4.79 Å². The number of aromatic nitrogens is 1. The molecule has 0 bridgehead atoms. The van der Waals surface area contributed by atoms with Crippen LogP contribution in [-0.4, -0.2) is 10.8 Å². The first-order valence-corrected chi connectivity index (χ1v) is 9.22. The molecule has 0 radical (unpaired) electrons. The van der Waals surface area contributed by atoms with Crippen molar-refractivity contribution in [2.75, 3.05) is 5.73 Å². The molecule has 0 aliphatic rings. The number of aryl methyl sites for hydroxylation is 2. The van der Waals surface area contributed by atoms with Gasteiger partial charge in [-0.2, -0.15) is 0 Å². The van der Waals surface area contributed by atoms with Gasteiger partial charge in [0.15, 0.2) is 0 Å². The van der Waals surface area contributed by atoms with Crippen LogP contribution in [0.15, 0.2) is 60.7 Å². The van der Waals surface area contributed by atoms with Crippen LogP contribution in [0.2, 0.25) is 0 Å². The minimum atomic E-state index is -0.0536. The quantitative estimate of drug-likeness (QED) is 0.499. The van der Waals surface area contributed by atoms with Gasteiger partial charge in [-0.3, -0.25) is 4.79 Å². The van der Waals surface area contributed by atoms with Crippen molar-refractivity contribution in [2.45, 2.75) is 13.8 Å². The van der Waals surface area contributed by atoms with Crippen LogP contribution in [0.1, 0.15) is 26.5 Å². The highest BCUT2D eigenvalue weighted by molar-refractivity contribution is 7.21. The molecule has 0 fully saturated rings. The van der Waals surface area contributed by atoms with Gasteiger partial charge < -0.3 is 5.73 Å². The molecule has 0 atom stereocenters. The number of rotatable bonds is 3. The monoisotopic (exact) mass is 358 g/mol. The fourth-order valence-corrected chi connectivity index (χ4v) is 4.39. The topological polar surface area (TPSA) is 56.0 Å². The lowest BCUT2D eigenvalue weighted by atomic mass is 10.0. The third kappa shape index (κ3) is 2.78. The lowest BCUT2D eigenvalue weighted by Crippen LogP contribution is -2.02. The van der Waals surface area contributed by atoms with Crippen LogP contribution in [0.4, 0.5) is 5.69 Å². The second-order valence-electron chi connectivity index (χ2n) is 6.38. The molecule has 128 valence electrons. The van der Waals surface area contributed by atoms with Gasteiger partial charge in [0.1, 0.15) is 9.71 Å². The average Bonchev–Trinajstić information content (AvgIpc) is 2.98. The summed E-state index contributed by atoms with van der Waals surface area (Å²) < 4.78 is 0. The van der Waals surface area contributed by atoms with Gasteiger partial charge in [0.2, 0.25) is 5.78 Å². The average molecular weight is 358 g/mol. The second-order valence-corrected chi connectivity index (χ2v) is 7.38. The van der Waals surface area contributed by atoms with Gasteiger partial charge >= 0.3 is 0 Å². The fraction of sp³-hybridized carbons (Fsp3) is 0.0909. The number of nitrogens with zero attached hydrogens (tertiary/aromatic N) is 1. The van der Waals surface area contributed by atoms with E-state index in [-0.39, 0.29) is 5.78 Å². The zero-order chi connectivity index (χ0) is 18.3. The Morgan fingerprint density at radius 3 is 2.31 bits per heavy atom. The van der Waals surface area contributed by atoms with E-state index in [9.17, 15) is 4.79 Å². The largest absolute Gasteiger partial charge is 0.397 e. The number of hydrogen-bond donors (Lipinski definition) is 1. The predicted molar refractivity (Wildman–Crippen MR) is 109 cm³/mol. The van der Waals surface area contributed by atoms with Crippen molar-refractivity contribution in [3.8, 4) is 11.1 Å². The van der Waals surface area contributed by atoms with Gasteiger partial charge in [-0.25, -0.2) is 4.98 Å². The Kier molecular flexibility index (Phi) is 4.05. The molecule has 0 unspecified atom stereocenters. The third-order valence-corrected chi connectivity index (χ3v) is 5.58. The van der Waals surface area contributed by atoms with Crippen molar-refractivity contribution in [3.05, 3.63) is 82.4 Å². The van der Waals surface area contributed by atoms with Gasteiger partial charge in [-0.05, 0) is 36.6 Å². The third-order valence-electron chi connectivity index (χ3n) is 4.48. The van der Waals surface area contributed by atoms with E-state index in [1.54, 1.807) is 0 Å². The van der Waals surface area contributed by atoms with Crippen molar-refractivity contribution in [1.82, 2.24) is 4.98 Å². The van der Waals surface area contributed by atoms with Crippen LogP contribution in [0, 0.1) is 13.8 Å². The number of carbonyl (C=O) groups is 1. The Morgan fingerprint density at radius 1 is 0.962 bits per heavy atom. The van der Waals surface area contributed by atoms with Gasteiger partial charge in [-0.1, -0.05) is 54.6 Å². The molecule has 2 aromatic heterocycles.